The summed E-state index contributed by atoms with van der Waals surface area (Å²) in [7, 11) is 0. The van der Waals surface area contributed by atoms with Crippen LogP contribution < -0.4 is 0 Å². The van der Waals surface area contributed by atoms with Gasteiger partial charge in [-0.1, -0.05) is 0 Å². The predicted octanol–water partition coefficient (Wildman–Crippen LogP) is 3.23. The summed E-state index contributed by atoms with van der Waals surface area (Å²) in [6.07, 6.45) is 0. The fraction of sp³-hybridized carbons (Fsp3) is 0. The van der Waals surface area contributed by atoms with Crippen molar-refractivity contribution in [2.45, 2.75) is 0 Å². The second kappa shape index (κ2) is 3.35. The molecular formula is C10H6N3O2+. The molecule has 0 aliphatic heterocycles. The van der Waals surface area contributed by atoms with Crippen molar-refractivity contribution < 1.29 is 4.92 Å². The number of nitro benzene ring substituents is 1. The average Bonchev–Trinajstić information content (AvgIpc) is 2.27. The number of nitro groups is 1. The standard InChI is InChI=1S/C10H6N3O2/c11-12-9-3-1-8-6-10(13(14)15)4-2-7(8)5-9/h1-6H/q+1. The molecule has 2 aromatic carbocycles. The zero-order chi connectivity index (χ0) is 10.8. The van der Waals surface area contributed by atoms with Crippen molar-refractivity contribution in [2.24, 2.45) is 0 Å². The summed E-state index contributed by atoms with van der Waals surface area (Å²) in [6, 6.07) is 9.45. The van der Waals surface area contributed by atoms with Gasteiger partial charge in [-0.25, -0.2) is 0 Å². The van der Waals surface area contributed by atoms with Crippen molar-refractivity contribution in [3.05, 3.63) is 51.5 Å². The number of diazo groups is 1. The summed E-state index contributed by atoms with van der Waals surface area (Å²) in [4.78, 5) is 13.1. The molecule has 0 amide bonds. The Hall–Kier alpha value is -2.48. The van der Waals surface area contributed by atoms with Crippen LogP contribution in [0.2, 0.25) is 0 Å². The highest BCUT2D eigenvalue weighted by Gasteiger charge is 2.09. The van der Waals surface area contributed by atoms with Crippen LogP contribution >= 0.6 is 0 Å². The van der Waals surface area contributed by atoms with Crippen LogP contribution in [0.4, 0.5) is 11.4 Å². The van der Waals surface area contributed by atoms with E-state index in [-0.39, 0.29) is 5.69 Å². The van der Waals surface area contributed by atoms with Crippen molar-refractivity contribution in [2.75, 3.05) is 0 Å². The Balaban J connectivity index is 2.66. The first-order valence-corrected chi connectivity index (χ1v) is 4.24. The smallest absolute Gasteiger partial charge is 0.258 e. The van der Waals surface area contributed by atoms with Crippen LogP contribution in [-0.2, 0) is 0 Å². The highest BCUT2D eigenvalue weighted by molar-refractivity contribution is 5.87. The minimum absolute atomic E-state index is 0.0520. The third-order valence-corrected chi connectivity index (χ3v) is 2.13. The molecule has 0 N–H and O–H groups in total. The van der Waals surface area contributed by atoms with Gasteiger partial charge in [0.2, 0.25) is 5.39 Å². The molecule has 15 heavy (non-hydrogen) atoms. The fourth-order valence-corrected chi connectivity index (χ4v) is 1.40. The number of benzene rings is 2. The van der Waals surface area contributed by atoms with Crippen molar-refractivity contribution in [3.63, 3.8) is 0 Å². The van der Waals surface area contributed by atoms with Crippen LogP contribution in [0, 0.1) is 15.5 Å². The van der Waals surface area contributed by atoms with E-state index in [1.807, 2.05) is 0 Å². The second-order valence-corrected chi connectivity index (χ2v) is 3.07. The van der Waals surface area contributed by atoms with Crippen LogP contribution in [0.5, 0.6) is 0 Å². The van der Waals surface area contributed by atoms with E-state index in [1.54, 1.807) is 24.3 Å². The monoisotopic (exact) mass is 200 g/mol. The number of hydrogen-bond donors (Lipinski definition) is 0. The Morgan fingerprint density at radius 2 is 1.80 bits per heavy atom. The Morgan fingerprint density at radius 1 is 1.13 bits per heavy atom. The fourth-order valence-electron chi connectivity index (χ4n) is 1.40. The van der Waals surface area contributed by atoms with Crippen molar-refractivity contribution >= 4 is 22.1 Å². The average molecular weight is 200 g/mol. The zero-order valence-electron chi connectivity index (χ0n) is 7.62. The maximum Gasteiger partial charge on any atom is 0.385 e. The summed E-state index contributed by atoms with van der Waals surface area (Å²) in [5.74, 6) is 0. The third-order valence-electron chi connectivity index (χ3n) is 2.13. The lowest BCUT2D eigenvalue weighted by Crippen LogP contribution is -1.86. The van der Waals surface area contributed by atoms with Gasteiger partial charge in [0.1, 0.15) is 0 Å². The number of fused-ring (bicyclic) bond motifs is 1. The van der Waals surface area contributed by atoms with E-state index in [0.29, 0.717) is 5.69 Å². The molecule has 0 heterocycles. The minimum atomic E-state index is -0.441. The van der Waals surface area contributed by atoms with Gasteiger partial charge in [0.15, 0.2) is 4.98 Å². The van der Waals surface area contributed by atoms with E-state index in [0.717, 1.165) is 10.8 Å². The summed E-state index contributed by atoms with van der Waals surface area (Å²) < 4.78 is 0. The van der Waals surface area contributed by atoms with Crippen LogP contribution in [0.3, 0.4) is 0 Å². The molecule has 72 valence electrons. The topological polar surface area (TPSA) is 71.3 Å². The lowest BCUT2D eigenvalue weighted by Gasteiger charge is -1.94. The molecule has 5 heteroatoms. The molecule has 0 unspecified atom stereocenters. The predicted molar refractivity (Wildman–Crippen MR) is 55.3 cm³/mol. The summed E-state index contributed by atoms with van der Waals surface area (Å²) in [5.41, 5.74) is 0.479. The molecule has 0 fully saturated rings. The normalized spacial score (nSPS) is 9.80. The van der Waals surface area contributed by atoms with E-state index in [1.165, 1.54) is 12.1 Å². The molecule has 5 nitrogen and oxygen atoms in total. The molecule has 0 saturated carbocycles. The molecule has 0 aliphatic carbocycles. The van der Waals surface area contributed by atoms with E-state index in [2.05, 4.69) is 4.98 Å². The minimum Gasteiger partial charge on any atom is -0.258 e. The molecule has 0 atom stereocenters. The Kier molecular flexibility index (Phi) is 2.03. The van der Waals surface area contributed by atoms with Gasteiger partial charge in [-0.15, -0.1) is 0 Å². The maximum atomic E-state index is 10.5. The van der Waals surface area contributed by atoms with Gasteiger partial charge in [-0.3, -0.25) is 10.1 Å². The summed E-state index contributed by atoms with van der Waals surface area (Å²) >= 11 is 0. The molecule has 0 bridgehead atoms. The molecule has 2 aromatic rings. The quantitative estimate of drug-likeness (QED) is 0.403. The Labute approximate surface area is 84.7 Å². The summed E-state index contributed by atoms with van der Waals surface area (Å²) in [6.45, 7) is 0. The van der Waals surface area contributed by atoms with Crippen LogP contribution in [0.1, 0.15) is 0 Å². The molecule has 0 radical (unpaired) electrons. The Bertz CT molecular complexity index is 587. The SMILES string of the molecule is N#[N+]c1ccc2cc([N+](=O)[O-])ccc2c1. The molecular weight excluding hydrogens is 194 g/mol. The van der Waals surface area contributed by atoms with Gasteiger partial charge in [0.25, 0.3) is 5.69 Å². The highest BCUT2D eigenvalue weighted by Crippen LogP contribution is 2.24. The van der Waals surface area contributed by atoms with Gasteiger partial charge in [-0.05, 0) is 22.9 Å². The van der Waals surface area contributed by atoms with E-state index in [9.17, 15) is 10.1 Å². The third kappa shape index (κ3) is 1.60. The number of rotatable bonds is 1. The van der Waals surface area contributed by atoms with Gasteiger partial charge in [-0.2, -0.15) is 0 Å². The number of non-ortho nitro benzene ring substituents is 1. The summed E-state index contributed by atoms with van der Waals surface area (Å²) in [5, 5.41) is 20.6. The zero-order valence-corrected chi connectivity index (χ0v) is 7.62. The van der Waals surface area contributed by atoms with Gasteiger partial charge in [0.05, 0.1) is 4.92 Å². The van der Waals surface area contributed by atoms with Crippen LogP contribution in [0.15, 0.2) is 36.4 Å². The highest BCUT2D eigenvalue weighted by atomic mass is 16.6. The lowest BCUT2D eigenvalue weighted by atomic mass is 10.1. The van der Waals surface area contributed by atoms with Crippen LogP contribution in [-0.4, -0.2) is 4.92 Å². The number of nitrogens with zero attached hydrogens (tertiary/aromatic N) is 3. The molecule has 0 aromatic heterocycles. The lowest BCUT2D eigenvalue weighted by molar-refractivity contribution is -0.384. The second-order valence-electron chi connectivity index (χ2n) is 3.07. The Morgan fingerprint density at radius 3 is 2.47 bits per heavy atom. The first-order valence-electron chi connectivity index (χ1n) is 4.24. The first-order chi connectivity index (χ1) is 7.20. The van der Waals surface area contributed by atoms with Crippen molar-refractivity contribution in [3.8, 4) is 0 Å². The number of hydrogen-bond acceptors (Lipinski definition) is 3. The van der Waals surface area contributed by atoms with E-state index < -0.39 is 4.92 Å². The molecule has 0 aliphatic rings. The van der Waals surface area contributed by atoms with E-state index >= 15 is 0 Å². The van der Waals surface area contributed by atoms with Crippen LogP contribution in [0.25, 0.3) is 15.7 Å². The largest absolute Gasteiger partial charge is 0.385 e. The van der Waals surface area contributed by atoms with Gasteiger partial charge < -0.3 is 0 Å². The first kappa shape index (κ1) is 9.09. The molecule has 0 spiro atoms. The molecule has 0 saturated heterocycles. The van der Waals surface area contributed by atoms with Gasteiger partial charge in [0, 0.05) is 24.3 Å². The molecule has 2 rings (SSSR count). The van der Waals surface area contributed by atoms with E-state index in [4.69, 9.17) is 5.39 Å². The van der Waals surface area contributed by atoms with Crippen molar-refractivity contribution in [1.29, 1.82) is 5.39 Å². The van der Waals surface area contributed by atoms with Crippen molar-refractivity contribution in [1.82, 2.24) is 0 Å². The van der Waals surface area contributed by atoms with Gasteiger partial charge >= 0.3 is 5.69 Å². The maximum absolute atomic E-state index is 10.5.